The molecular formula is C21H26FN5O4S. The molecule has 0 saturated carbocycles. The summed E-state index contributed by atoms with van der Waals surface area (Å²) in [5.74, 6) is -0.0443. The summed E-state index contributed by atoms with van der Waals surface area (Å²) in [6, 6.07) is 13.0. The van der Waals surface area contributed by atoms with Crippen LogP contribution in [-0.2, 0) is 26.3 Å². The van der Waals surface area contributed by atoms with Crippen LogP contribution < -0.4 is 15.2 Å². The summed E-state index contributed by atoms with van der Waals surface area (Å²) in [5, 5.41) is 7.85. The van der Waals surface area contributed by atoms with Crippen molar-refractivity contribution in [1.29, 1.82) is 0 Å². The molecule has 172 valence electrons. The standard InChI is InChI=1S/C21H26FN5O4S/c22-16-10-8-15(9-11-16)13-31-14-20(28)25-19(7-3-4-12-24-32(23,29)30)21-26-17-5-1-2-6-18(17)27-21/h1-2,5-6,8-11,19,24H,3-4,7,12-14H2,(H,25,28)(H,26,27)(H2,23,29,30). The smallest absolute Gasteiger partial charge is 0.274 e. The topological polar surface area (TPSA) is 139 Å². The second kappa shape index (κ2) is 11.1. The lowest BCUT2D eigenvalue weighted by atomic mass is 10.1. The minimum Gasteiger partial charge on any atom is -0.367 e. The lowest BCUT2D eigenvalue weighted by molar-refractivity contribution is -0.127. The van der Waals surface area contributed by atoms with Crippen molar-refractivity contribution in [1.82, 2.24) is 20.0 Å². The van der Waals surface area contributed by atoms with E-state index >= 15 is 0 Å². The van der Waals surface area contributed by atoms with Crippen LogP contribution in [0.1, 0.15) is 36.7 Å². The molecule has 0 saturated heterocycles. The van der Waals surface area contributed by atoms with Crippen molar-refractivity contribution in [2.75, 3.05) is 13.2 Å². The Morgan fingerprint density at radius 3 is 2.62 bits per heavy atom. The highest BCUT2D eigenvalue weighted by atomic mass is 32.2. The number of benzene rings is 2. The predicted octanol–water partition coefficient (Wildman–Crippen LogP) is 2.04. The average molecular weight is 464 g/mol. The molecule has 9 nitrogen and oxygen atoms in total. The van der Waals surface area contributed by atoms with E-state index in [4.69, 9.17) is 9.88 Å². The Balaban J connectivity index is 1.56. The molecule has 0 bridgehead atoms. The first-order chi connectivity index (χ1) is 15.3. The number of carbonyl (C=O) groups excluding carboxylic acids is 1. The molecule has 1 atom stereocenters. The van der Waals surface area contributed by atoms with E-state index in [1.54, 1.807) is 12.1 Å². The van der Waals surface area contributed by atoms with Crippen LogP contribution >= 0.6 is 0 Å². The first-order valence-corrected chi connectivity index (χ1v) is 11.7. The van der Waals surface area contributed by atoms with Crippen molar-refractivity contribution in [3.8, 4) is 0 Å². The summed E-state index contributed by atoms with van der Waals surface area (Å²) >= 11 is 0. The van der Waals surface area contributed by atoms with Crippen LogP contribution in [-0.4, -0.2) is 37.4 Å². The van der Waals surface area contributed by atoms with E-state index in [-0.39, 0.29) is 31.5 Å². The van der Waals surface area contributed by atoms with Crippen molar-refractivity contribution in [2.45, 2.75) is 31.9 Å². The van der Waals surface area contributed by atoms with Gasteiger partial charge in [0.1, 0.15) is 18.2 Å². The number of nitrogens with two attached hydrogens (primary N) is 1. The summed E-state index contributed by atoms with van der Waals surface area (Å²) < 4.78 is 42.6. The molecular weight excluding hydrogens is 437 g/mol. The zero-order valence-electron chi connectivity index (χ0n) is 17.4. The second-order valence-corrected chi connectivity index (χ2v) is 8.69. The van der Waals surface area contributed by atoms with Crippen molar-refractivity contribution in [3.63, 3.8) is 0 Å². The number of fused-ring (bicyclic) bond motifs is 1. The molecule has 0 fully saturated rings. The van der Waals surface area contributed by atoms with Gasteiger partial charge in [-0.1, -0.05) is 24.3 Å². The number of aromatic nitrogens is 2. The van der Waals surface area contributed by atoms with Crippen LogP contribution in [0.3, 0.4) is 0 Å². The molecule has 3 aromatic rings. The number of halogens is 1. The summed E-state index contributed by atoms with van der Waals surface area (Å²) in [5.41, 5.74) is 2.39. The zero-order valence-corrected chi connectivity index (χ0v) is 18.2. The van der Waals surface area contributed by atoms with Crippen LogP contribution in [0.2, 0.25) is 0 Å². The lowest BCUT2D eigenvalue weighted by Gasteiger charge is -2.17. The fourth-order valence-electron chi connectivity index (χ4n) is 3.18. The van der Waals surface area contributed by atoms with Crippen molar-refractivity contribution in [3.05, 3.63) is 65.7 Å². The number of aromatic amines is 1. The van der Waals surface area contributed by atoms with E-state index < -0.39 is 16.3 Å². The third-order valence-electron chi connectivity index (χ3n) is 4.71. The maximum atomic E-state index is 13.0. The van der Waals surface area contributed by atoms with Crippen LogP contribution in [0.25, 0.3) is 11.0 Å². The van der Waals surface area contributed by atoms with Gasteiger partial charge in [0.15, 0.2) is 0 Å². The highest BCUT2D eigenvalue weighted by Crippen LogP contribution is 2.20. The van der Waals surface area contributed by atoms with Crippen molar-refractivity contribution >= 4 is 27.1 Å². The number of H-pyrrole nitrogens is 1. The Bertz CT molecular complexity index is 1100. The summed E-state index contributed by atoms with van der Waals surface area (Å²) in [4.78, 5) is 20.2. The maximum Gasteiger partial charge on any atom is 0.274 e. The molecule has 1 aromatic heterocycles. The largest absolute Gasteiger partial charge is 0.367 e. The van der Waals surface area contributed by atoms with Gasteiger partial charge in [-0.05, 0) is 49.1 Å². The fourth-order valence-corrected chi connectivity index (χ4v) is 3.61. The molecule has 1 heterocycles. The van der Waals surface area contributed by atoms with Crippen LogP contribution in [0, 0.1) is 5.82 Å². The molecule has 5 N–H and O–H groups in total. The Labute approximate surface area is 185 Å². The van der Waals surface area contributed by atoms with E-state index in [1.807, 2.05) is 24.3 Å². The first kappa shape index (κ1) is 23.8. The van der Waals surface area contributed by atoms with Gasteiger partial charge in [0.25, 0.3) is 10.2 Å². The molecule has 2 aromatic carbocycles. The number of carbonyl (C=O) groups is 1. The lowest BCUT2D eigenvalue weighted by Crippen LogP contribution is -2.33. The molecule has 1 amide bonds. The third-order valence-corrected chi connectivity index (χ3v) is 5.32. The third kappa shape index (κ3) is 7.68. The van der Waals surface area contributed by atoms with Crippen LogP contribution in [0.5, 0.6) is 0 Å². The number of hydrogen-bond donors (Lipinski definition) is 4. The van der Waals surface area contributed by atoms with E-state index in [2.05, 4.69) is 20.0 Å². The minimum absolute atomic E-state index is 0.166. The zero-order chi connectivity index (χ0) is 23.0. The number of para-hydroxylation sites is 2. The Kier molecular flexibility index (Phi) is 8.28. The van der Waals surface area contributed by atoms with E-state index in [1.165, 1.54) is 12.1 Å². The number of ether oxygens (including phenoxy) is 1. The van der Waals surface area contributed by atoms with E-state index in [0.717, 1.165) is 16.6 Å². The summed E-state index contributed by atoms with van der Waals surface area (Å²) in [7, 11) is -3.72. The molecule has 0 aliphatic carbocycles. The van der Waals surface area contributed by atoms with Gasteiger partial charge in [-0.15, -0.1) is 0 Å². The Morgan fingerprint density at radius 1 is 1.16 bits per heavy atom. The highest BCUT2D eigenvalue weighted by molar-refractivity contribution is 7.87. The van der Waals surface area contributed by atoms with Crippen molar-refractivity contribution in [2.24, 2.45) is 5.14 Å². The van der Waals surface area contributed by atoms with Crippen LogP contribution in [0.4, 0.5) is 4.39 Å². The van der Waals surface area contributed by atoms with Gasteiger partial charge in [0.05, 0.1) is 23.7 Å². The molecule has 0 aliphatic heterocycles. The summed E-state index contributed by atoms with van der Waals surface area (Å²) in [6.07, 6.45) is 1.71. The molecule has 3 rings (SSSR count). The number of hydrogen-bond acceptors (Lipinski definition) is 5. The second-order valence-electron chi connectivity index (χ2n) is 7.31. The SMILES string of the molecule is NS(=O)(=O)NCCCCC(NC(=O)COCc1ccc(F)cc1)c1nc2ccccc2[nH]1. The Morgan fingerprint density at radius 2 is 1.91 bits per heavy atom. The van der Waals surface area contributed by atoms with Gasteiger partial charge in [-0.2, -0.15) is 8.42 Å². The number of amides is 1. The van der Waals surface area contributed by atoms with Crippen LogP contribution in [0.15, 0.2) is 48.5 Å². The number of imidazole rings is 1. The molecule has 0 radical (unpaired) electrons. The maximum absolute atomic E-state index is 13.0. The normalized spacial score (nSPS) is 12.7. The van der Waals surface area contributed by atoms with Gasteiger partial charge in [0, 0.05) is 6.54 Å². The fraction of sp³-hybridized carbons (Fsp3) is 0.333. The predicted molar refractivity (Wildman–Crippen MR) is 118 cm³/mol. The molecule has 0 spiro atoms. The highest BCUT2D eigenvalue weighted by Gasteiger charge is 2.18. The first-order valence-electron chi connectivity index (χ1n) is 10.1. The van der Waals surface area contributed by atoms with Gasteiger partial charge in [-0.25, -0.2) is 19.2 Å². The summed E-state index contributed by atoms with van der Waals surface area (Å²) in [6.45, 7) is 0.226. The van der Waals surface area contributed by atoms with E-state index in [9.17, 15) is 17.6 Å². The monoisotopic (exact) mass is 463 g/mol. The van der Waals surface area contributed by atoms with Gasteiger partial charge < -0.3 is 15.0 Å². The number of rotatable bonds is 12. The molecule has 1 unspecified atom stereocenters. The molecule has 11 heteroatoms. The van der Waals surface area contributed by atoms with Gasteiger partial charge in [0.2, 0.25) is 5.91 Å². The number of nitrogens with zero attached hydrogens (tertiary/aromatic N) is 1. The quantitative estimate of drug-likeness (QED) is 0.304. The van der Waals surface area contributed by atoms with Gasteiger partial charge in [-0.3, -0.25) is 4.79 Å². The Hall–Kier alpha value is -2.86. The number of unbranched alkanes of at least 4 members (excludes halogenated alkanes) is 1. The average Bonchev–Trinajstić information content (AvgIpc) is 3.17. The molecule has 32 heavy (non-hydrogen) atoms. The minimum atomic E-state index is -3.72. The molecule has 0 aliphatic rings. The van der Waals surface area contributed by atoms with E-state index in [0.29, 0.717) is 25.1 Å². The number of nitrogens with one attached hydrogen (secondary N) is 3. The van der Waals surface area contributed by atoms with Gasteiger partial charge >= 0.3 is 0 Å². The van der Waals surface area contributed by atoms with Crippen molar-refractivity contribution < 1.29 is 22.3 Å².